The van der Waals surface area contributed by atoms with Gasteiger partial charge in [-0.1, -0.05) is 30.3 Å². The molecule has 100 valence electrons. The van der Waals surface area contributed by atoms with Crippen LogP contribution < -0.4 is 4.74 Å². The maximum Gasteiger partial charge on any atom is 0.119 e. The third-order valence-corrected chi connectivity index (χ3v) is 3.34. The minimum Gasteiger partial charge on any atom is -0.497 e. The van der Waals surface area contributed by atoms with Gasteiger partial charge in [0.15, 0.2) is 0 Å². The van der Waals surface area contributed by atoms with E-state index in [0.717, 1.165) is 29.5 Å². The quantitative estimate of drug-likeness (QED) is 0.798. The lowest BCUT2D eigenvalue weighted by Gasteiger charge is -2.12. The zero-order valence-corrected chi connectivity index (χ0v) is 11.3. The molecule has 2 heteroatoms. The number of fused-ring (bicyclic) bond motifs is 1. The molecule has 19 heavy (non-hydrogen) atoms. The average molecular weight is 256 g/mol. The number of hydrogen-bond acceptors (Lipinski definition) is 2. The Bertz CT molecular complexity index is 560. The van der Waals surface area contributed by atoms with E-state index in [1.165, 1.54) is 5.39 Å². The highest BCUT2D eigenvalue weighted by molar-refractivity contribution is 5.87. The number of rotatable bonds is 6. The second-order valence-corrected chi connectivity index (χ2v) is 4.73. The number of aliphatic hydroxyl groups excluding tert-OH is 1. The Morgan fingerprint density at radius 1 is 1.32 bits per heavy atom. The van der Waals surface area contributed by atoms with E-state index in [1.807, 2.05) is 30.3 Å². The van der Waals surface area contributed by atoms with Crippen molar-refractivity contribution in [3.63, 3.8) is 0 Å². The lowest BCUT2D eigenvalue weighted by molar-refractivity contribution is 0.166. The Kier molecular flexibility index (Phi) is 4.58. The molecule has 0 radical (unpaired) electrons. The van der Waals surface area contributed by atoms with E-state index >= 15 is 0 Å². The van der Waals surface area contributed by atoms with Crippen molar-refractivity contribution >= 4 is 10.8 Å². The summed E-state index contributed by atoms with van der Waals surface area (Å²) in [6.07, 6.45) is 3.78. The van der Waals surface area contributed by atoms with Crippen LogP contribution in [-0.2, 0) is 6.42 Å². The molecule has 0 spiro atoms. The van der Waals surface area contributed by atoms with Crippen molar-refractivity contribution in [1.82, 2.24) is 0 Å². The van der Waals surface area contributed by atoms with Crippen molar-refractivity contribution in [2.24, 2.45) is 0 Å². The van der Waals surface area contributed by atoms with E-state index in [4.69, 9.17) is 4.74 Å². The van der Waals surface area contributed by atoms with Crippen LogP contribution in [0.5, 0.6) is 5.75 Å². The third kappa shape index (κ3) is 3.36. The first-order valence-electron chi connectivity index (χ1n) is 6.59. The number of methoxy groups -OCH3 is 1. The van der Waals surface area contributed by atoms with E-state index in [2.05, 4.69) is 18.7 Å². The Balaban J connectivity index is 2.28. The summed E-state index contributed by atoms with van der Waals surface area (Å²) in [5, 5.41) is 12.4. The van der Waals surface area contributed by atoms with Crippen LogP contribution in [0.3, 0.4) is 0 Å². The van der Waals surface area contributed by atoms with Gasteiger partial charge < -0.3 is 9.84 Å². The van der Waals surface area contributed by atoms with Crippen molar-refractivity contribution in [2.75, 3.05) is 7.11 Å². The highest BCUT2D eigenvalue weighted by Gasteiger charge is 2.08. The number of aliphatic hydroxyl groups is 1. The lowest BCUT2D eigenvalue weighted by Crippen LogP contribution is -2.10. The van der Waals surface area contributed by atoms with Crippen molar-refractivity contribution < 1.29 is 9.84 Å². The van der Waals surface area contributed by atoms with Gasteiger partial charge in [0, 0.05) is 0 Å². The molecular formula is C17H20O2. The topological polar surface area (TPSA) is 29.5 Å². The molecule has 0 aromatic heterocycles. The first kappa shape index (κ1) is 13.6. The SMILES string of the molecule is C=CCCC(O)Cc1cccc2ccc(OC)cc12. The minimum atomic E-state index is -0.324. The zero-order valence-electron chi connectivity index (χ0n) is 11.3. The fraction of sp³-hybridized carbons (Fsp3) is 0.294. The predicted octanol–water partition coefficient (Wildman–Crippen LogP) is 3.72. The van der Waals surface area contributed by atoms with Gasteiger partial charge >= 0.3 is 0 Å². The zero-order chi connectivity index (χ0) is 13.7. The van der Waals surface area contributed by atoms with Crippen LogP contribution in [0.15, 0.2) is 49.1 Å². The lowest BCUT2D eigenvalue weighted by atomic mass is 9.98. The average Bonchev–Trinajstić information content (AvgIpc) is 2.45. The van der Waals surface area contributed by atoms with Gasteiger partial charge in [-0.3, -0.25) is 0 Å². The summed E-state index contributed by atoms with van der Waals surface area (Å²) in [5.74, 6) is 0.848. The van der Waals surface area contributed by atoms with Crippen LogP contribution in [0.1, 0.15) is 18.4 Å². The summed E-state index contributed by atoms with van der Waals surface area (Å²) in [4.78, 5) is 0. The van der Waals surface area contributed by atoms with Gasteiger partial charge in [-0.25, -0.2) is 0 Å². The van der Waals surface area contributed by atoms with Gasteiger partial charge in [0.2, 0.25) is 0 Å². The smallest absolute Gasteiger partial charge is 0.119 e. The third-order valence-electron chi connectivity index (χ3n) is 3.34. The normalized spacial score (nSPS) is 12.3. The van der Waals surface area contributed by atoms with E-state index in [1.54, 1.807) is 7.11 Å². The fourth-order valence-electron chi connectivity index (χ4n) is 2.29. The Morgan fingerprint density at radius 2 is 2.16 bits per heavy atom. The molecule has 1 N–H and O–H groups in total. The first-order chi connectivity index (χ1) is 9.24. The van der Waals surface area contributed by atoms with Crippen molar-refractivity contribution in [1.29, 1.82) is 0 Å². The Morgan fingerprint density at radius 3 is 2.89 bits per heavy atom. The molecule has 1 unspecified atom stereocenters. The highest BCUT2D eigenvalue weighted by Crippen LogP contribution is 2.25. The van der Waals surface area contributed by atoms with Crippen molar-refractivity contribution in [3.8, 4) is 5.75 Å². The summed E-state index contributed by atoms with van der Waals surface area (Å²) in [5.41, 5.74) is 1.16. The molecule has 0 fully saturated rings. The molecule has 0 heterocycles. The number of allylic oxidation sites excluding steroid dienone is 1. The number of hydrogen-bond donors (Lipinski definition) is 1. The number of ether oxygens (including phenoxy) is 1. The van der Waals surface area contributed by atoms with Gasteiger partial charge in [0.1, 0.15) is 5.75 Å². The maximum absolute atomic E-state index is 10.0. The van der Waals surface area contributed by atoms with Gasteiger partial charge in [0.25, 0.3) is 0 Å². The molecule has 2 rings (SSSR count). The molecular weight excluding hydrogens is 236 g/mol. The van der Waals surface area contributed by atoms with Gasteiger partial charge in [0.05, 0.1) is 13.2 Å². The van der Waals surface area contributed by atoms with E-state index in [0.29, 0.717) is 6.42 Å². The van der Waals surface area contributed by atoms with Gasteiger partial charge in [-0.15, -0.1) is 6.58 Å². The molecule has 0 amide bonds. The van der Waals surface area contributed by atoms with Crippen LogP contribution in [0.2, 0.25) is 0 Å². The second kappa shape index (κ2) is 6.39. The molecule has 0 bridgehead atoms. The summed E-state index contributed by atoms with van der Waals surface area (Å²) in [6.45, 7) is 3.68. The number of benzene rings is 2. The van der Waals surface area contributed by atoms with Gasteiger partial charge in [-0.05, 0) is 47.7 Å². The molecule has 0 saturated heterocycles. The molecule has 2 nitrogen and oxygen atoms in total. The first-order valence-corrected chi connectivity index (χ1v) is 6.59. The molecule has 0 saturated carbocycles. The van der Waals surface area contributed by atoms with E-state index in [9.17, 15) is 5.11 Å². The Hall–Kier alpha value is -1.80. The van der Waals surface area contributed by atoms with E-state index in [-0.39, 0.29) is 6.10 Å². The molecule has 1 atom stereocenters. The van der Waals surface area contributed by atoms with Crippen LogP contribution in [0.4, 0.5) is 0 Å². The standard InChI is InChI=1S/C17H20O2/c1-3-4-8-15(18)11-14-7-5-6-13-9-10-16(19-2)12-17(13)14/h3,5-7,9-10,12,15,18H,1,4,8,11H2,2H3. The maximum atomic E-state index is 10.0. The molecule has 2 aromatic rings. The van der Waals surface area contributed by atoms with Crippen LogP contribution in [0, 0.1) is 0 Å². The molecule has 2 aromatic carbocycles. The summed E-state index contributed by atoms with van der Waals surface area (Å²) in [7, 11) is 1.67. The molecule has 0 aliphatic rings. The summed E-state index contributed by atoms with van der Waals surface area (Å²) in [6, 6.07) is 12.2. The highest BCUT2D eigenvalue weighted by atomic mass is 16.5. The van der Waals surface area contributed by atoms with Crippen molar-refractivity contribution in [3.05, 3.63) is 54.6 Å². The molecule has 0 aliphatic heterocycles. The van der Waals surface area contributed by atoms with Crippen LogP contribution >= 0.6 is 0 Å². The van der Waals surface area contributed by atoms with Crippen molar-refractivity contribution in [2.45, 2.75) is 25.4 Å². The van der Waals surface area contributed by atoms with Gasteiger partial charge in [-0.2, -0.15) is 0 Å². The van der Waals surface area contributed by atoms with Crippen LogP contribution in [-0.4, -0.2) is 18.3 Å². The van der Waals surface area contributed by atoms with Crippen LogP contribution in [0.25, 0.3) is 10.8 Å². The largest absolute Gasteiger partial charge is 0.497 e. The Labute approximate surface area is 114 Å². The summed E-state index contributed by atoms with van der Waals surface area (Å²) >= 11 is 0. The predicted molar refractivity (Wildman–Crippen MR) is 79.6 cm³/mol. The second-order valence-electron chi connectivity index (χ2n) is 4.73. The summed E-state index contributed by atoms with van der Waals surface area (Å²) < 4.78 is 5.27. The minimum absolute atomic E-state index is 0.324. The van der Waals surface area contributed by atoms with E-state index < -0.39 is 0 Å². The molecule has 0 aliphatic carbocycles. The monoisotopic (exact) mass is 256 g/mol. The fourth-order valence-corrected chi connectivity index (χ4v) is 2.29.